The third-order valence-electron chi connectivity index (χ3n) is 4.28. The quantitative estimate of drug-likeness (QED) is 0.868. The second kappa shape index (κ2) is 6.81. The minimum atomic E-state index is 0.212. The van der Waals surface area contributed by atoms with Crippen LogP contribution in [0.5, 0.6) is 5.75 Å². The lowest BCUT2D eigenvalue weighted by atomic mass is 9.96. The number of para-hydroxylation sites is 1. The summed E-state index contributed by atoms with van der Waals surface area (Å²) in [4.78, 5) is 13.6. The first-order chi connectivity index (χ1) is 11.2. The van der Waals surface area contributed by atoms with Gasteiger partial charge in [-0.1, -0.05) is 19.1 Å². The molecule has 0 radical (unpaired) electrons. The van der Waals surface area contributed by atoms with Gasteiger partial charge in [0.05, 0.1) is 12.7 Å². The molecule has 23 heavy (non-hydrogen) atoms. The highest BCUT2D eigenvalue weighted by Crippen LogP contribution is 2.32. The molecule has 3 rings (SSSR count). The molecule has 0 atom stereocenters. The van der Waals surface area contributed by atoms with Crippen LogP contribution >= 0.6 is 0 Å². The summed E-state index contributed by atoms with van der Waals surface area (Å²) in [5.74, 6) is 2.26. The van der Waals surface area contributed by atoms with Crippen molar-refractivity contribution in [3.63, 3.8) is 0 Å². The van der Waals surface area contributed by atoms with Crippen LogP contribution in [0.4, 0.5) is 0 Å². The predicted octanol–water partition coefficient (Wildman–Crippen LogP) is 2.86. The molecule has 0 saturated carbocycles. The topological polar surface area (TPSA) is 68.5 Å². The normalized spacial score (nSPS) is 15.7. The van der Waals surface area contributed by atoms with Crippen molar-refractivity contribution in [1.29, 1.82) is 0 Å². The molecular weight excluding hydrogens is 294 g/mol. The van der Waals surface area contributed by atoms with E-state index in [4.69, 9.17) is 9.15 Å². The van der Waals surface area contributed by atoms with Crippen molar-refractivity contribution in [3.05, 3.63) is 30.2 Å². The largest absolute Gasteiger partial charge is 0.496 e. The minimum Gasteiger partial charge on any atom is -0.496 e. The number of nitrogens with zero attached hydrogens (tertiary/aromatic N) is 3. The molecule has 0 aliphatic carbocycles. The Labute approximate surface area is 135 Å². The molecule has 1 amide bonds. The van der Waals surface area contributed by atoms with Crippen LogP contribution < -0.4 is 4.74 Å². The van der Waals surface area contributed by atoms with Crippen LogP contribution in [0.15, 0.2) is 28.7 Å². The number of hydrogen-bond donors (Lipinski definition) is 0. The summed E-state index contributed by atoms with van der Waals surface area (Å²) in [6.07, 6.45) is 2.28. The van der Waals surface area contributed by atoms with Gasteiger partial charge < -0.3 is 14.1 Å². The number of likely N-dealkylation sites (tertiary alicyclic amines) is 1. The Balaban J connectivity index is 1.72. The zero-order chi connectivity index (χ0) is 16.2. The number of carbonyl (C=O) groups is 1. The summed E-state index contributed by atoms with van der Waals surface area (Å²) >= 11 is 0. The Morgan fingerprint density at radius 2 is 2.04 bits per heavy atom. The predicted molar refractivity (Wildman–Crippen MR) is 85.1 cm³/mol. The first-order valence-corrected chi connectivity index (χ1v) is 7.97. The van der Waals surface area contributed by atoms with Gasteiger partial charge in [-0.25, -0.2) is 0 Å². The number of hydrogen-bond acceptors (Lipinski definition) is 5. The van der Waals surface area contributed by atoms with E-state index >= 15 is 0 Å². The van der Waals surface area contributed by atoms with E-state index in [9.17, 15) is 4.79 Å². The van der Waals surface area contributed by atoms with Gasteiger partial charge in [0.1, 0.15) is 5.75 Å². The molecule has 1 aliphatic rings. The molecule has 6 heteroatoms. The summed E-state index contributed by atoms with van der Waals surface area (Å²) in [6, 6.07) is 7.59. The Kier molecular flexibility index (Phi) is 4.60. The van der Waals surface area contributed by atoms with Crippen molar-refractivity contribution < 1.29 is 13.9 Å². The molecule has 1 aliphatic heterocycles. The Hall–Kier alpha value is -2.37. The van der Waals surface area contributed by atoms with E-state index in [1.165, 1.54) is 0 Å². The van der Waals surface area contributed by atoms with Crippen molar-refractivity contribution >= 4 is 5.91 Å². The molecule has 1 aromatic heterocycles. The van der Waals surface area contributed by atoms with E-state index in [2.05, 4.69) is 10.2 Å². The van der Waals surface area contributed by atoms with Gasteiger partial charge in [0.25, 0.3) is 5.89 Å². The Morgan fingerprint density at radius 1 is 1.30 bits per heavy atom. The van der Waals surface area contributed by atoms with Gasteiger partial charge in [-0.05, 0) is 25.0 Å². The lowest BCUT2D eigenvalue weighted by Gasteiger charge is -2.30. The standard InChI is InChI=1S/C17H21N3O3/c1-3-15(21)20-10-8-12(9-11-20)16-18-19-17(23-16)13-6-4-5-7-14(13)22-2/h4-7,12H,3,8-11H2,1-2H3. The highest BCUT2D eigenvalue weighted by atomic mass is 16.5. The van der Waals surface area contributed by atoms with E-state index in [1.807, 2.05) is 36.1 Å². The van der Waals surface area contributed by atoms with E-state index in [-0.39, 0.29) is 11.8 Å². The number of ether oxygens (including phenoxy) is 1. The van der Waals surface area contributed by atoms with E-state index in [1.54, 1.807) is 7.11 Å². The minimum absolute atomic E-state index is 0.212. The lowest BCUT2D eigenvalue weighted by Crippen LogP contribution is -2.37. The third-order valence-corrected chi connectivity index (χ3v) is 4.28. The van der Waals surface area contributed by atoms with Gasteiger partial charge in [0.2, 0.25) is 11.8 Å². The van der Waals surface area contributed by atoms with Crippen LogP contribution in [0.25, 0.3) is 11.5 Å². The van der Waals surface area contributed by atoms with Gasteiger partial charge in [0, 0.05) is 25.4 Å². The molecule has 0 bridgehead atoms. The maximum Gasteiger partial charge on any atom is 0.251 e. The second-order valence-corrected chi connectivity index (χ2v) is 5.65. The molecule has 0 spiro atoms. The van der Waals surface area contributed by atoms with Gasteiger partial charge in [0.15, 0.2) is 0 Å². The third kappa shape index (κ3) is 3.21. The smallest absolute Gasteiger partial charge is 0.251 e. The highest BCUT2D eigenvalue weighted by molar-refractivity contribution is 5.75. The van der Waals surface area contributed by atoms with Crippen LogP contribution in [-0.4, -0.2) is 41.2 Å². The fraction of sp³-hybridized carbons (Fsp3) is 0.471. The van der Waals surface area contributed by atoms with Gasteiger partial charge in [-0.2, -0.15) is 0 Å². The maximum atomic E-state index is 11.7. The van der Waals surface area contributed by atoms with E-state index < -0.39 is 0 Å². The molecule has 1 aromatic carbocycles. The first-order valence-electron chi connectivity index (χ1n) is 7.97. The van der Waals surface area contributed by atoms with Crippen molar-refractivity contribution in [2.75, 3.05) is 20.2 Å². The summed E-state index contributed by atoms with van der Waals surface area (Å²) < 4.78 is 11.2. The van der Waals surface area contributed by atoms with Crippen LogP contribution in [-0.2, 0) is 4.79 Å². The summed E-state index contributed by atoms with van der Waals surface area (Å²) in [6.45, 7) is 3.40. The van der Waals surface area contributed by atoms with Crippen LogP contribution in [0.3, 0.4) is 0 Å². The van der Waals surface area contributed by atoms with Crippen molar-refractivity contribution in [2.45, 2.75) is 32.1 Å². The molecule has 0 N–H and O–H groups in total. The second-order valence-electron chi connectivity index (χ2n) is 5.65. The average molecular weight is 315 g/mol. The molecule has 6 nitrogen and oxygen atoms in total. The average Bonchev–Trinajstić information content (AvgIpc) is 3.11. The first kappa shape index (κ1) is 15.5. The summed E-state index contributed by atoms with van der Waals surface area (Å²) in [5, 5.41) is 8.37. The Morgan fingerprint density at radius 3 is 2.74 bits per heavy atom. The van der Waals surface area contributed by atoms with Gasteiger partial charge in [-0.15, -0.1) is 10.2 Å². The van der Waals surface area contributed by atoms with Gasteiger partial charge >= 0.3 is 0 Å². The number of benzene rings is 1. The molecular formula is C17H21N3O3. The molecule has 122 valence electrons. The summed E-state index contributed by atoms with van der Waals surface area (Å²) in [5.41, 5.74) is 0.798. The number of methoxy groups -OCH3 is 1. The van der Waals surface area contributed by atoms with Gasteiger partial charge in [-0.3, -0.25) is 4.79 Å². The fourth-order valence-corrected chi connectivity index (χ4v) is 2.93. The van der Waals surface area contributed by atoms with Crippen LogP contribution in [0, 0.1) is 0 Å². The van der Waals surface area contributed by atoms with Crippen molar-refractivity contribution in [2.24, 2.45) is 0 Å². The van der Waals surface area contributed by atoms with Crippen LogP contribution in [0.2, 0.25) is 0 Å². The molecule has 1 saturated heterocycles. The van der Waals surface area contributed by atoms with Crippen LogP contribution in [0.1, 0.15) is 38.0 Å². The maximum absolute atomic E-state index is 11.7. The number of aromatic nitrogens is 2. The molecule has 0 unspecified atom stereocenters. The highest BCUT2D eigenvalue weighted by Gasteiger charge is 2.27. The number of carbonyl (C=O) groups excluding carboxylic acids is 1. The van der Waals surface area contributed by atoms with Crippen molar-refractivity contribution in [1.82, 2.24) is 15.1 Å². The monoisotopic (exact) mass is 315 g/mol. The van der Waals surface area contributed by atoms with E-state index in [0.717, 1.165) is 31.5 Å². The Bertz CT molecular complexity index is 675. The molecule has 1 fully saturated rings. The molecule has 2 heterocycles. The molecule has 2 aromatic rings. The lowest BCUT2D eigenvalue weighted by molar-refractivity contribution is -0.131. The zero-order valence-corrected chi connectivity index (χ0v) is 13.5. The number of piperidine rings is 1. The SMILES string of the molecule is CCC(=O)N1CCC(c2nnc(-c3ccccc3OC)o2)CC1. The summed E-state index contributed by atoms with van der Waals surface area (Å²) in [7, 11) is 1.62. The number of rotatable bonds is 4. The number of amides is 1. The fourth-order valence-electron chi connectivity index (χ4n) is 2.93. The van der Waals surface area contributed by atoms with E-state index in [0.29, 0.717) is 24.0 Å². The van der Waals surface area contributed by atoms with Crippen molar-refractivity contribution in [3.8, 4) is 17.2 Å². The zero-order valence-electron chi connectivity index (χ0n) is 13.5.